The van der Waals surface area contributed by atoms with E-state index in [0.717, 1.165) is 36.8 Å². The summed E-state index contributed by atoms with van der Waals surface area (Å²) in [6.07, 6.45) is 3.18. The third kappa shape index (κ3) is 6.22. The van der Waals surface area contributed by atoms with Crippen LogP contribution in [0.15, 0.2) is 48.5 Å². The van der Waals surface area contributed by atoms with E-state index in [0.29, 0.717) is 34.3 Å². The number of aryl methyl sites for hydroxylation is 4. The van der Waals surface area contributed by atoms with Crippen molar-refractivity contribution >= 4 is 5.97 Å². The summed E-state index contributed by atoms with van der Waals surface area (Å²) in [6.45, 7) is 0. The molecule has 3 aromatic rings. The smallest absolute Gasteiger partial charge is 0.337 e. The number of hydrogen-bond acceptors (Lipinski definition) is 7. The van der Waals surface area contributed by atoms with Crippen LogP contribution in [0.5, 0.6) is 28.7 Å². The third-order valence-corrected chi connectivity index (χ3v) is 6.17. The predicted octanol–water partition coefficient (Wildman–Crippen LogP) is 5.09. The van der Waals surface area contributed by atoms with E-state index in [1.54, 1.807) is 47.7 Å². The number of methoxy groups -OCH3 is 6. The van der Waals surface area contributed by atoms with Crippen molar-refractivity contribution in [1.29, 1.82) is 0 Å². The minimum absolute atomic E-state index is 0.337. The normalized spacial score (nSPS) is 10.5. The molecule has 0 saturated carbocycles. The number of rotatable bonds is 12. The van der Waals surface area contributed by atoms with Gasteiger partial charge in [-0.25, -0.2) is 4.79 Å². The Morgan fingerprint density at radius 3 is 1.44 bits per heavy atom. The number of ether oxygens (including phenoxy) is 6. The number of esters is 1. The molecule has 0 saturated heterocycles. The molecule has 0 amide bonds. The highest BCUT2D eigenvalue weighted by molar-refractivity contribution is 5.89. The van der Waals surface area contributed by atoms with Crippen molar-refractivity contribution in [3.63, 3.8) is 0 Å². The molecule has 7 nitrogen and oxygen atoms in total. The number of hydrogen-bond donors (Lipinski definition) is 0. The van der Waals surface area contributed by atoms with Crippen LogP contribution in [-0.2, 0) is 30.4 Å². The molecule has 0 unspecified atom stereocenters. The van der Waals surface area contributed by atoms with Crippen LogP contribution in [-0.4, -0.2) is 48.6 Å². The van der Waals surface area contributed by atoms with E-state index in [9.17, 15) is 4.79 Å². The molecule has 0 radical (unpaired) electrons. The van der Waals surface area contributed by atoms with Gasteiger partial charge in [-0.2, -0.15) is 0 Å². The molecule has 3 rings (SSSR count). The summed E-state index contributed by atoms with van der Waals surface area (Å²) in [5.74, 6) is 2.91. The second-order valence-corrected chi connectivity index (χ2v) is 8.20. The molecule has 0 aromatic heterocycles. The topological polar surface area (TPSA) is 72.5 Å². The molecule has 0 heterocycles. The molecule has 0 aliphatic rings. The van der Waals surface area contributed by atoms with E-state index in [-0.39, 0.29) is 5.97 Å². The number of benzene rings is 3. The Balaban J connectivity index is 1.84. The van der Waals surface area contributed by atoms with E-state index in [4.69, 9.17) is 28.4 Å². The average molecular weight is 495 g/mol. The van der Waals surface area contributed by atoms with Crippen molar-refractivity contribution in [1.82, 2.24) is 0 Å². The minimum atomic E-state index is -0.337. The maximum atomic E-state index is 11.7. The van der Waals surface area contributed by atoms with Crippen LogP contribution in [0.3, 0.4) is 0 Å². The van der Waals surface area contributed by atoms with E-state index in [2.05, 4.69) is 0 Å². The van der Waals surface area contributed by atoms with Crippen molar-refractivity contribution in [2.75, 3.05) is 42.7 Å². The van der Waals surface area contributed by atoms with Gasteiger partial charge in [0.05, 0.1) is 48.2 Å². The fourth-order valence-corrected chi connectivity index (χ4v) is 4.19. The molecule has 7 heteroatoms. The summed E-state index contributed by atoms with van der Waals surface area (Å²) < 4.78 is 32.4. The molecular formula is C29H34O7. The summed E-state index contributed by atoms with van der Waals surface area (Å²) >= 11 is 0. The Morgan fingerprint density at radius 1 is 0.556 bits per heavy atom. The molecule has 0 spiro atoms. The summed E-state index contributed by atoms with van der Waals surface area (Å²) in [6, 6.07) is 15.6. The molecule has 0 atom stereocenters. The van der Waals surface area contributed by atoms with Gasteiger partial charge in [0.15, 0.2) is 23.0 Å². The summed E-state index contributed by atoms with van der Waals surface area (Å²) in [5.41, 5.74) is 5.10. The molecule has 0 fully saturated rings. The van der Waals surface area contributed by atoms with Crippen LogP contribution in [0.2, 0.25) is 0 Å². The van der Waals surface area contributed by atoms with Gasteiger partial charge in [-0.15, -0.1) is 0 Å². The molecule has 0 N–H and O–H groups in total. The van der Waals surface area contributed by atoms with E-state index < -0.39 is 0 Å². The molecule has 192 valence electrons. The minimum Gasteiger partial charge on any atom is -0.493 e. The lowest BCUT2D eigenvalue weighted by molar-refractivity contribution is 0.0600. The van der Waals surface area contributed by atoms with Crippen LogP contribution < -0.4 is 23.7 Å². The summed E-state index contributed by atoms with van der Waals surface area (Å²) in [7, 11) is 9.49. The van der Waals surface area contributed by atoms with Crippen molar-refractivity contribution in [3.05, 3.63) is 76.3 Å². The van der Waals surface area contributed by atoms with Gasteiger partial charge in [-0.1, -0.05) is 12.1 Å². The lowest BCUT2D eigenvalue weighted by atomic mass is 9.94. The van der Waals surface area contributed by atoms with Crippen LogP contribution in [0.4, 0.5) is 0 Å². The predicted molar refractivity (Wildman–Crippen MR) is 138 cm³/mol. The van der Waals surface area contributed by atoms with Crippen molar-refractivity contribution in [2.24, 2.45) is 0 Å². The Morgan fingerprint density at radius 2 is 1.03 bits per heavy atom. The standard InChI is InChI=1S/C29H34O7/c1-31-24-17-22(13-9-19-7-11-21(12-8-19)29(30)36-6)23(18-25(24)32-2)14-10-20-15-26(33-3)28(35-5)27(16-20)34-4/h7-8,11-12,15-18H,9-10,13-14H2,1-6H3. The highest BCUT2D eigenvalue weighted by atomic mass is 16.5. The van der Waals surface area contributed by atoms with E-state index in [1.165, 1.54) is 18.2 Å². The van der Waals surface area contributed by atoms with Crippen LogP contribution in [0.25, 0.3) is 0 Å². The fraction of sp³-hybridized carbons (Fsp3) is 0.345. The molecule has 3 aromatic carbocycles. The molecule has 0 aliphatic carbocycles. The first kappa shape index (κ1) is 26.7. The third-order valence-electron chi connectivity index (χ3n) is 6.17. The first-order chi connectivity index (χ1) is 17.5. The lowest BCUT2D eigenvalue weighted by Crippen LogP contribution is -2.04. The maximum absolute atomic E-state index is 11.7. The first-order valence-corrected chi connectivity index (χ1v) is 11.7. The van der Waals surface area contributed by atoms with Gasteiger partial charge in [0.2, 0.25) is 5.75 Å². The zero-order valence-electron chi connectivity index (χ0n) is 21.8. The van der Waals surface area contributed by atoms with E-state index >= 15 is 0 Å². The van der Waals surface area contributed by atoms with Gasteiger partial charge >= 0.3 is 5.97 Å². The van der Waals surface area contributed by atoms with Gasteiger partial charge in [-0.05, 0) is 84.3 Å². The lowest BCUT2D eigenvalue weighted by Gasteiger charge is -2.17. The molecule has 0 bridgehead atoms. The van der Waals surface area contributed by atoms with Crippen molar-refractivity contribution in [3.8, 4) is 28.7 Å². The highest BCUT2D eigenvalue weighted by Gasteiger charge is 2.16. The molecule has 0 aliphatic heterocycles. The highest BCUT2D eigenvalue weighted by Crippen LogP contribution is 2.39. The SMILES string of the molecule is COC(=O)c1ccc(CCc2cc(OC)c(OC)cc2CCc2cc(OC)c(OC)c(OC)c2)cc1. The molecular weight excluding hydrogens is 460 g/mol. The Kier molecular flexibility index (Phi) is 9.45. The molecule has 36 heavy (non-hydrogen) atoms. The van der Waals surface area contributed by atoms with Crippen LogP contribution >= 0.6 is 0 Å². The van der Waals surface area contributed by atoms with Crippen LogP contribution in [0.1, 0.15) is 32.6 Å². The number of carbonyl (C=O) groups is 1. The first-order valence-electron chi connectivity index (χ1n) is 11.7. The Bertz CT molecular complexity index is 1140. The Hall–Kier alpha value is -3.87. The second kappa shape index (κ2) is 12.7. The zero-order chi connectivity index (χ0) is 26.1. The number of carbonyl (C=O) groups excluding carboxylic acids is 1. The van der Waals surface area contributed by atoms with Crippen molar-refractivity contribution < 1.29 is 33.2 Å². The van der Waals surface area contributed by atoms with Crippen LogP contribution in [0, 0.1) is 0 Å². The quantitative estimate of drug-likeness (QED) is 0.325. The summed E-state index contributed by atoms with van der Waals surface area (Å²) in [4.78, 5) is 11.7. The van der Waals surface area contributed by atoms with Crippen molar-refractivity contribution in [2.45, 2.75) is 25.7 Å². The average Bonchev–Trinajstić information content (AvgIpc) is 2.93. The monoisotopic (exact) mass is 494 g/mol. The second-order valence-electron chi connectivity index (χ2n) is 8.20. The Labute approximate surface area is 212 Å². The summed E-state index contributed by atoms with van der Waals surface area (Å²) in [5, 5.41) is 0. The van der Waals surface area contributed by atoms with Gasteiger partial charge < -0.3 is 28.4 Å². The van der Waals surface area contributed by atoms with Gasteiger partial charge in [0.25, 0.3) is 0 Å². The van der Waals surface area contributed by atoms with E-state index in [1.807, 2.05) is 36.4 Å². The van der Waals surface area contributed by atoms with Gasteiger partial charge in [0.1, 0.15) is 0 Å². The zero-order valence-corrected chi connectivity index (χ0v) is 21.8. The van der Waals surface area contributed by atoms with Gasteiger partial charge in [0, 0.05) is 0 Å². The largest absolute Gasteiger partial charge is 0.493 e. The maximum Gasteiger partial charge on any atom is 0.337 e. The fourth-order valence-electron chi connectivity index (χ4n) is 4.19. The van der Waals surface area contributed by atoms with Gasteiger partial charge in [-0.3, -0.25) is 0 Å².